The van der Waals surface area contributed by atoms with Gasteiger partial charge in [-0.3, -0.25) is 4.79 Å². The Labute approximate surface area is 149 Å². The van der Waals surface area contributed by atoms with Crippen molar-refractivity contribution in [3.8, 4) is 0 Å². The normalized spacial score (nSPS) is 18.8. The smallest absolute Gasteiger partial charge is 0.252 e. The number of nitrogens with zero attached hydrogens (tertiary/aromatic N) is 4. The van der Waals surface area contributed by atoms with E-state index in [4.69, 9.17) is 0 Å². The highest BCUT2D eigenvalue weighted by atomic mass is 16.1. The average molecular weight is 343 g/mol. The fraction of sp³-hybridized carbons (Fsp3) is 0.632. The van der Waals surface area contributed by atoms with Gasteiger partial charge < -0.3 is 10.2 Å². The van der Waals surface area contributed by atoms with E-state index in [1.165, 1.54) is 12.8 Å². The Hall–Kier alpha value is -1.95. The van der Waals surface area contributed by atoms with Crippen LogP contribution < -0.4 is 5.32 Å². The number of pyridine rings is 1. The number of nitrogens with one attached hydrogen (secondary N) is 1. The minimum atomic E-state index is -0.0381. The summed E-state index contributed by atoms with van der Waals surface area (Å²) in [5.74, 6) is 0.720. The molecule has 1 N–H and O–H groups in total. The van der Waals surface area contributed by atoms with E-state index < -0.39 is 0 Å². The van der Waals surface area contributed by atoms with Gasteiger partial charge in [0.2, 0.25) is 0 Å². The van der Waals surface area contributed by atoms with Crippen LogP contribution in [-0.4, -0.2) is 51.8 Å². The molecule has 1 saturated heterocycles. The monoisotopic (exact) mass is 343 g/mol. The van der Waals surface area contributed by atoms with E-state index in [1.54, 1.807) is 6.20 Å². The molecule has 1 amide bonds. The lowest BCUT2D eigenvalue weighted by Crippen LogP contribution is -2.40. The zero-order valence-electron chi connectivity index (χ0n) is 15.7. The molecule has 0 aromatic carbocycles. The lowest BCUT2D eigenvalue weighted by atomic mass is 10.0. The summed E-state index contributed by atoms with van der Waals surface area (Å²) in [7, 11) is 0. The minimum Gasteiger partial charge on any atom is -0.351 e. The highest BCUT2D eigenvalue weighted by molar-refractivity contribution is 6.05. The number of amides is 1. The second kappa shape index (κ2) is 7.52. The molecule has 0 spiro atoms. The first kappa shape index (κ1) is 17.9. The topological polar surface area (TPSA) is 63.1 Å². The van der Waals surface area contributed by atoms with E-state index in [1.807, 2.05) is 17.7 Å². The average Bonchev–Trinajstić information content (AvgIpc) is 2.97. The Morgan fingerprint density at radius 1 is 1.44 bits per heavy atom. The van der Waals surface area contributed by atoms with Crippen molar-refractivity contribution < 1.29 is 4.79 Å². The molecule has 0 radical (unpaired) electrons. The van der Waals surface area contributed by atoms with Crippen LogP contribution >= 0.6 is 0 Å². The zero-order chi connectivity index (χ0) is 18.0. The summed E-state index contributed by atoms with van der Waals surface area (Å²) in [5, 5.41) is 8.30. The maximum atomic E-state index is 12.7. The molecule has 0 bridgehead atoms. The molecule has 3 heterocycles. The first-order valence-electron chi connectivity index (χ1n) is 9.31. The number of likely N-dealkylation sites (tertiary alicyclic amines) is 1. The molecule has 6 nitrogen and oxygen atoms in total. The van der Waals surface area contributed by atoms with Crippen LogP contribution in [0.2, 0.25) is 0 Å². The molecule has 2 aromatic rings. The Morgan fingerprint density at radius 2 is 2.24 bits per heavy atom. The van der Waals surface area contributed by atoms with Gasteiger partial charge in [-0.1, -0.05) is 6.92 Å². The number of aryl methyl sites for hydroxylation is 1. The molecule has 0 aliphatic carbocycles. The summed E-state index contributed by atoms with van der Waals surface area (Å²) in [4.78, 5) is 19.7. The predicted molar refractivity (Wildman–Crippen MR) is 99.8 cm³/mol. The van der Waals surface area contributed by atoms with E-state index in [0.717, 1.165) is 42.3 Å². The lowest BCUT2D eigenvalue weighted by Gasteiger charge is -2.30. The van der Waals surface area contributed by atoms with Gasteiger partial charge in [0.05, 0.1) is 17.1 Å². The molecular weight excluding hydrogens is 314 g/mol. The van der Waals surface area contributed by atoms with Gasteiger partial charge in [0.1, 0.15) is 0 Å². The molecule has 3 rings (SSSR count). The molecule has 1 aliphatic heterocycles. The summed E-state index contributed by atoms with van der Waals surface area (Å²) in [6.45, 7) is 12.2. The number of aromatic nitrogens is 3. The second-order valence-corrected chi connectivity index (χ2v) is 7.54. The van der Waals surface area contributed by atoms with Crippen molar-refractivity contribution >= 4 is 16.9 Å². The quantitative estimate of drug-likeness (QED) is 0.907. The number of carbonyl (C=O) groups is 1. The van der Waals surface area contributed by atoms with Crippen LogP contribution in [0.15, 0.2) is 12.3 Å². The Morgan fingerprint density at radius 3 is 2.96 bits per heavy atom. The molecule has 1 aliphatic rings. The molecule has 1 fully saturated rings. The van der Waals surface area contributed by atoms with Crippen molar-refractivity contribution in [1.82, 2.24) is 25.0 Å². The molecule has 2 aromatic heterocycles. The lowest BCUT2D eigenvalue weighted by molar-refractivity contribution is 0.0945. The van der Waals surface area contributed by atoms with Crippen LogP contribution in [-0.2, 0) is 0 Å². The maximum absolute atomic E-state index is 12.7. The predicted octanol–water partition coefficient (Wildman–Crippen LogP) is 2.78. The molecule has 25 heavy (non-hydrogen) atoms. The summed E-state index contributed by atoms with van der Waals surface area (Å²) in [6, 6.07) is 2.07. The standard InChI is InChI=1S/C19H29N5O/c1-13(2)24-18-17(11-21-24)16(10-15(4)22-18)19(25)20-7-9-23-8-5-6-14(3)12-23/h10-11,13-14H,5-9,12H2,1-4H3,(H,20,25). The fourth-order valence-corrected chi connectivity index (χ4v) is 3.62. The third kappa shape index (κ3) is 4.00. The van der Waals surface area contributed by atoms with E-state index in [0.29, 0.717) is 12.1 Å². The highest BCUT2D eigenvalue weighted by Gasteiger charge is 2.18. The Bertz CT molecular complexity index is 752. The van der Waals surface area contributed by atoms with Crippen LogP contribution in [0.25, 0.3) is 11.0 Å². The number of hydrogen-bond acceptors (Lipinski definition) is 4. The molecule has 1 atom stereocenters. The molecular formula is C19H29N5O. The van der Waals surface area contributed by atoms with Crippen molar-refractivity contribution in [3.63, 3.8) is 0 Å². The number of carbonyl (C=O) groups excluding carboxylic acids is 1. The van der Waals surface area contributed by atoms with Crippen LogP contribution in [0.3, 0.4) is 0 Å². The van der Waals surface area contributed by atoms with Crippen molar-refractivity contribution in [2.75, 3.05) is 26.2 Å². The SMILES string of the molecule is Cc1cc(C(=O)NCCN2CCCC(C)C2)c2cnn(C(C)C)c2n1. The second-order valence-electron chi connectivity index (χ2n) is 7.54. The van der Waals surface area contributed by atoms with Crippen LogP contribution in [0.4, 0.5) is 0 Å². The summed E-state index contributed by atoms with van der Waals surface area (Å²) >= 11 is 0. The van der Waals surface area contributed by atoms with Gasteiger partial charge in [0.15, 0.2) is 5.65 Å². The van der Waals surface area contributed by atoms with Gasteiger partial charge in [0.25, 0.3) is 5.91 Å². The van der Waals surface area contributed by atoms with Crippen LogP contribution in [0.1, 0.15) is 55.7 Å². The maximum Gasteiger partial charge on any atom is 0.252 e. The Balaban J connectivity index is 1.69. The minimum absolute atomic E-state index is 0.0381. The third-order valence-corrected chi connectivity index (χ3v) is 4.88. The van der Waals surface area contributed by atoms with Gasteiger partial charge in [-0.2, -0.15) is 5.10 Å². The van der Waals surface area contributed by atoms with Gasteiger partial charge in [0, 0.05) is 31.4 Å². The molecule has 136 valence electrons. The number of rotatable bonds is 5. The molecule has 6 heteroatoms. The first-order chi connectivity index (χ1) is 12.0. The van der Waals surface area contributed by atoms with Crippen molar-refractivity contribution in [3.05, 3.63) is 23.5 Å². The largest absolute Gasteiger partial charge is 0.351 e. The molecule has 1 unspecified atom stereocenters. The van der Waals surface area contributed by atoms with E-state index >= 15 is 0 Å². The fourth-order valence-electron chi connectivity index (χ4n) is 3.62. The third-order valence-electron chi connectivity index (χ3n) is 4.88. The molecule has 0 saturated carbocycles. The van der Waals surface area contributed by atoms with E-state index in [-0.39, 0.29) is 11.9 Å². The van der Waals surface area contributed by atoms with Crippen molar-refractivity contribution in [2.45, 2.75) is 46.6 Å². The number of fused-ring (bicyclic) bond motifs is 1. The van der Waals surface area contributed by atoms with Gasteiger partial charge in [-0.25, -0.2) is 9.67 Å². The summed E-state index contributed by atoms with van der Waals surface area (Å²) < 4.78 is 1.87. The summed E-state index contributed by atoms with van der Waals surface area (Å²) in [5.41, 5.74) is 2.29. The number of piperidine rings is 1. The van der Waals surface area contributed by atoms with Crippen LogP contribution in [0, 0.1) is 12.8 Å². The van der Waals surface area contributed by atoms with Gasteiger partial charge >= 0.3 is 0 Å². The van der Waals surface area contributed by atoms with Gasteiger partial charge in [-0.05, 0) is 52.1 Å². The Kier molecular flexibility index (Phi) is 5.37. The van der Waals surface area contributed by atoms with E-state index in [2.05, 4.69) is 41.1 Å². The van der Waals surface area contributed by atoms with E-state index in [9.17, 15) is 4.79 Å². The number of hydrogen-bond donors (Lipinski definition) is 1. The van der Waals surface area contributed by atoms with Gasteiger partial charge in [-0.15, -0.1) is 0 Å². The van der Waals surface area contributed by atoms with Crippen LogP contribution in [0.5, 0.6) is 0 Å². The van der Waals surface area contributed by atoms with Crippen molar-refractivity contribution in [1.29, 1.82) is 0 Å². The van der Waals surface area contributed by atoms with Crippen molar-refractivity contribution in [2.24, 2.45) is 5.92 Å². The highest BCUT2D eigenvalue weighted by Crippen LogP contribution is 2.21. The first-order valence-corrected chi connectivity index (χ1v) is 9.31. The summed E-state index contributed by atoms with van der Waals surface area (Å²) in [6.07, 6.45) is 4.33. The zero-order valence-corrected chi connectivity index (χ0v) is 15.7.